The summed E-state index contributed by atoms with van der Waals surface area (Å²) >= 11 is 0. The molecule has 0 heterocycles. The van der Waals surface area contributed by atoms with Crippen LogP contribution >= 0.6 is 0 Å². The second kappa shape index (κ2) is 5.66. The van der Waals surface area contributed by atoms with Crippen LogP contribution in [0, 0.1) is 24.6 Å². The van der Waals surface area contributed by atoms with Crippen LogP contribution < -0.4 is 0 Å². The fraction of sp³-hybridized carbons (Fsp3) is 0.562. The van der Waals surface area contributed by atoms with E-state index in [4.69, 9.17) is 0 Å². The van der Waals surface area contributed by atoms with Crippen LogP contribution in [0.5, 0.6) is 0 Å². The molecule has 0 aromatic heterocycles. The van der Waals surface area contributed by atoms with Gasteiger partial charge in [-0.3, -0.25) is 0 Å². The van der Waals surface area contributed by atoms with E-state index in [1.54, 1.807) is 12.0 Å². The number of benzene rings is 1. The molecule has 0 atom stereocenters. The van der Waals surface area contributed by atoms with Crippen molar-refractivity contribution in [3.05, 3.63) is 41.1 Å². The molecule has 2 rings (SSSR count). The first-order valence-corrected chi connectivity index (χ1v) is 6.71. The van der Waals surface area contributed by atoms with Crippen LogP contribution in [0.3, 0.4) is 0 Å². The molecule has 1 radical (unpaired) electrons. The molecule has 0 N–H and O–H groups in total. The maximum Gasteiger partial charge on any atom is 0.126 e. The Hall–Kier alpha value is -0.850. The minimum absolute atomic E-state index is 0.0599. The average molecular weight is 233 g/mol. The van der Waals surface area contributed by atoms with Crippen LogP contribution in [-0.2, 0) is 6.42 Å². The lowest BCUT2D eigenvalue weighted by atomic mass is 9.80. The van der Waals surface area contributed by atoms with Gasteiger partial charge in [0.25, 0.3) is 0 Å². The molecule has 0 bridgehead atoms. The van der Waals surface area contributed by atoms with E-state index in [-0.39, 0.29) is 5.82 Å². The highest BCUT2D eigenvalue weighted by molar-refractivity contribution is 5.23. The van der Waals surface area contributed by atoms with Gasteiger partial charge in [0.1, 0.15) is 5.82 Å². The average Bonchev–Trinajstić information content (AvgIpc) is 2.33. The van der Waals surface area contributed by atoms with Gasteiger partial charge in [-0.15, -0.1) is 0 Å². The highest BCUT2D eigenvalue weighted by atomic mass is 19.1. The molecule has 0 amide bonds. The van der Waals surface area contributed by atoms with Gasteiger partial charge < -0.3 is 0 Å². The molecule has 1 heteroatoms. The van der Waals surface area contributed by atoms with Crippen LogP contribution in [-0.4, -0.2) is 0 Å². The van der Waals surface area contributed by atoms with Gasteiger partial charge in [-0.05, 0) is 74.5 Å². The zero-order valence-corrected chi connectivity index (χ0v) is 10.9. The largest absolute Gasteiger partial charge is 0.207 e. The third-order valence-corrected chi connectivity index (χ3v) is 4.04. The van der Waals surface area contributed by atoms with Gasteiger partial charge in [0, 0.05) is 0 Å². The zero-order valence-electron chi connectivity index (χ0n) is 10.9. The Morgan fingerprint density at radius 2 is 1.88 bits per heavy atom. The Kier molecular flexibility index (Phi) is 4.20. The summed E-state index contributed by atoms with van der Waals surface area (Å²) in [5, 5.41) is 0. The molecule has 17 heavy (non-hydrogen) atoms. The molecular weight excluding hydrogens is 211 g/mol. The van der Waals surface area contributed by atoms with Crippen molar-refractivity contribution in [3.63, 3.8) is 0 Å². The third-order valence-electron chi connectivity index (χ3n) is 4.04. The summed E-state index contributed by atoms with van der Waals surface area (Å²) in [6, 6.07) is 5.66. The lowest BCUT2D eigenvalue weighted by molar-refractivity contribution is 0.358. The van der Waals surface area contributed by atoms with Crippen molar-refractivity contribution in [1.29, 1.82) is 0 Å². The van der Waals surface area contributed by atoms with Crippen molar-refractivity contribution in [2.75, 3.05) is 0 Å². The van der Waals surface area contributed by atoms with E-state index >= 15 is 0 Å². The van der Waals surface area contributed by atoms with Gasteiger partial charge in [0.05, 0.1) is 0 Å². The number of halogens is 1. The summed E-state index contributed by atoms with van der Waals surface area (Å²) in [6.07, 6.45) is 7.51. The van der Waals surface area contributed by atoms with Crippen molar-refractivity contribution < 1.29 is 4.39 Å². The first-order chi connectivity index (χ1) is 8.15. The van der Waals surface area contributed by atoms with Crippen molar-refractivity contribution in [2.24, 2.45) is 5.92 Å². The highest BCUT2D eigenvalue weighted by Gasteiger charge is 2.18. The van der Waals surface area contributed by atoms with Crippen molar-refractivity contribution in [2.45, 2.75) is 52.4 Å². The van der Waals surface area contributed by atoms with Crippen molar-refractivity contribution in [3.8, 4) is 0 Å². The molecule has 1 aliphatic rings. The number of aryl methyl sites for hydroxylation is 2. The molecule has 0 saturated heterocycles. The van der Waals surface area contributed by atoms with Crippen LogP contribution in [0.4, 0.5) is 4.39 Å². The minimum Gasteiger partial charge on any atom is -0.207 e. The van der Waals surface area contributed by atoms with Gasteiger partial charge in [-0.2, -0.15) is 0 Å². The van der Waals surface area contributed by atoms with Gasteiger partial charge in [0.2, 0.25) is 0 Å². The normalized spacial score (nSPS) is 18.5. The predicted octanol–water partition coefficient (Wildman–Crippen LogP) is 4.85. The van der Waals surface area contributed by atoms with E-state index in [0.717, 1.165) is 23.5 Å². The fourth-order valence-corrected chi connectivity index (χ4v) is 2.62. The van der Waals surface area contributed by atoms with E-state index in [1.165, 1.54) is 32.1 Å². The van der Waals surface area contributed by atoms with Crippen LogP contribution in [0.1, 0.15) is 50.2 Å². The standard InChI is InChI=1S/C16H22F/c1-12-3-6-14(7-4-12)9-10-15-8-5-13(2)16(17)11-15/h5,8,11,14H,3-4,6-7,9-10H2,1-2H3. The van der Waals surface area contributed by atoms with E-state index < -0.39 is 0 Å². The lowest BCUT2D eigenvalue weighted by Crippen LogP contribution is -2.11. The molecule has 93 valence electrons. The number of rotatable bonds is 3. The Morgan fingerprint density at radius 3 is 2.53 bits per heavy atom. The predicted molar refractivity (Wildman–Crippen MR) is 70.3 cm³/mol. The first-order valence-electron chi connectivity index (χ1n) is 6.71. The van der Waals surface area contributed by atoms with Crippen molar-refractivity contribution in [1.82, 2.24) is 0 Å². The van der Waals surface area contributed by atoms with Crippen molar-refractivity contribution >= 4 is 0 Å². The summed E-state index contributed by atoms with van der Waals surface area (Å²) in [5.41, 5.74) is 1.90. The smallest absolute Gasteiger partial charge is 0.126 e. The third kappa shape index (κ3) is 3.55. The molecule has 1 aromatic carbocycles. The minimum atomic E-state index is -0.0599. The lowest BCUT2D eigenvalue weighted by Gasteiger charge is -2.25. The first kappa shape index (κ1) is 12.6. The number of hydrogen-bond acceptors (Lipinski definition) is 0. The summed E-state index contributed by atoms with van der Waals surface area (Å²) in [5.74, 6) is 2.45. The Labute approximate surface area is 104 Å². The molecule has 0 aliphatic heterocycles. The van der Waals surface area contributed by atoms with Gasteiger partial charge >= 0.3 is 0 Å². The van der Waals surface area contributed by atoms with Gasteiger partial charge in [-0.25, -0.2) is 4.39 Å². The number of hydrogen-bond donors (Lipinski definition) is 0. The molecule has 1 aromatic rings. The maximum atomic E-state index is 13.4. The van der Waals surface area contributed by atoms with E-state index in [2.05, 4.69) is 13.0 Å². The zero-order chi connectivity index (χ0) is 12.3. The Bertz CT molecular complexity index is 362. The van der Waals surface area contributed by atoms with Crippen LogP contribution in [0.15, 0.2) is 18.2 Å². The second-order valence-corrected chi connectivity index (χ2v) is 5.52. The van der Waals surface area contributed by atoms with Crippen LogP contribution in [0.2, 0.25) is 0 Å². The van der Waals surface area contributed by atoms with Gasteiger partial charge in [-0.1, -0.05) is 19.1 Å². The van der Waals surface area contributed by atoms with Crippen LogP contribution in [0.25, 0.3) is 0 Å². The van der Waals surface area contributed by atoms with E-state index in [9.17, 15) is 4.39 Å². The quantitative estimate of drug-likeness (QED) is 0.700. The maximum absolute atomic E-state index is 13.4. The molecule has 0 unspecified atom stereocenters. The molecule has 0 nitrogen and oxygen atoms in total. The fourth-order valence-electron chi connectivity index (χ4n) is 2.62. The Balaban J connectivity index is 1.83. The topological polar surface area (TPSA) is 0 Å². The SMILES string of the molecule is C[C]1CCC(CCc2ccc(C)c(F)c2)CC1. The van der Waals surface area contributed by atoms with E-state index in [1.807, 2.05) is 13.0 Å². The Morgan fingerprint density at radius 1 is 1.18 bits per heavy atom. The second-order valence-electron chi connectivity index (χ2n) is 5.52. The molecule has 0 spiro atoms. The van der Waals surface area contributed by atoms with Gasteiger partial charge in [0.15, 0.2) is 0 Å². The highest BCUT2D eigenvalue weighted by Crippen LogP contribution is 2.32. The summed E-state index contributed by atoms with van der Waals surface area (Å²) in [6.45, 7) is 4.09. The summed E-state index contributed by atoms with van der Waals surface area (Å²) < 4.78 is 13.4. The molecular formula is C16H22F. The molecule has 1 saturated carbocycles. The molecule has 1 fully saturated rings. The molecule has 1 aliphatic carbocycles. The summed E-state index contributed by atoms with van der Waals surface area (Å²) in [7, 11) is 0. The van der Waals surface area contributed by atoms with E-state index in [0.29, 0.717) is 0 Å². The summed E-state index contributed by atoms with van der Waals surface area (Å²) in [4.78, 5) is 0. The monoisotopic (exact) mass is 233 g/mol.